The van der Waals surface area contributed by atoms with Crippen molar-refractivity contribution in [3.63, 3.8) is 0 Å². The average Bonchev–Trinajstić information content (AvgIpc) is 2.18. The van der Waals surface area contributed by atoms with Crippen molar-refractivity contribution < 1.29 is 14.6 Å². The zero-order valence-electron chi connectivity index (χ0n) is 9.25. The van der Waals surface area contributed by atoms with Crippen molar-refractivity contribution in [1.29, 1.82) is 0 Å². The van der Waals surface area contributed by atoms with E-state index in [9.17, 15) is 9.90 Å². The standard InChI is InChI=1S/C10H21NO3/c1-4-6-8(12)7-11-9(5-2)10(13)14-3/h8-9,11-12H,4-7H2,1-3H3. The van der Waals surface area contributed by atoms with Crippen molar-refractivity contribution in [3.8, 4) is 0 Å². The smallest absolute Gasteiger partial charge is 0.322 e. The Morgan fingerprint density at radius 1 is 1.50 bits per heavy atom. The van der Waals surface area contributed by atoms with E-state index >= 15 is 0 Å². The summed E-state index contributed by atoms with van der Waals surface area (Å²) in [5.74, 6) is -0.267. The molecule has 0 aliphatic heterocycles. The summed E-state index contributed by atoms with van der Waals surface area (Å²) in [6, 6.07) is -0.300. The van der Waals surface area contributed by atoms with Crippen molar-refractivity contribution in [1.82, 2.24) is 5.32 Å². The summed E-state index contributed by atoms with van der Waals surface area (Å²) in [5, 5.41) is 12.4. The van der Waals surface area contributed by atoms with Crippen LogP contribution in [-0.4, -0.2) is 36.9 Å². The average molecular weight is 203 g/mol. The van der Waals surface area contributed by atoms with Crippen LogP contribution in [0.15, 0.2) is 0 Å². The van der Waals surface area contributed by atoms with Gasteiger partial charge in [-0.05, 0) is 12.8 Å². The molecule has 0 spiro atoms. The number of aliphatic hydroxyl groups is 1. The number of hydrogen-bond acceptors (Lipinski definition) is 4. The van der Waals surface area contributed by atoms with Gasteiger partial charge < -0.3 is 15.2 Å². The van der Waals surface area contributed by atoms with Crippen LogP contribution in [0.4, 0.5) is 0 Å². The van der Waals surface area contributed by atoms with Gasteiger partial charge in [0, 0.05) is 6.54 Å². The highest BCUT2D eigenvalue weighted by Crippen LogP contribution is 1.98. The van der Waals surface area contributed by atoms with Crippen LogP contribution < -0.4 is 5.32 Å². The quantitative estimate of drug-likeness (QED) is 0.598. The van der Waals surface area contributed by atoms with Gasteiger partial charge in [0.05, 0.1) is 13.2 Å². The lowest BCUT2D eigenvalue weighted by atomic mass is 10.2. The number of ether oxygens (including phenoxy) is 1. The molecule has 2 N–H and O–H groups in total. The number of hydrogen-bond donors (Lipinski definition) is 2. The van der Waals surface area contributed by atoms with Gasteiger partial charge in [0.15, 0.2) is 0 Å². The second-order valence-corrected chi connectivity index (χ2v) is 3.33. The minimum absolute atomic E-state index is 0.267. The number of aliphatic hydroxyl groups excluding tert-OH is 1. The minimum atomic E-state index is -0.376. The molecule has 0 heterocycles. The predicted octanol–water partition coefficient (Wildman–Crippen LogP) is 0.689. The largest absolute Gasteiger partial charge is 0.468 e. The Hall–Kier alpha value is -0.610. The van der Waals surface area contributed by atoms with Crippen LogP contribution in [0.25, 0.3) is 0 Å². The maximum atomic E-state index is 11.1. The summed E-state index contributed by atoms with van der Waals surface area (Å²) < 4.78 is 4.61. The zero-order valence-corrected chi connectivity index (χ0v) is 9.25. The van der Waals surface area contributed by atoms with Crippen LogP contribution in [-0.2, 0) is 9.53 Å². The molecule has 4 nitrogen and oxygen atoms in total. The lowest BCUT2D eigenvalue weighted by molar-refractivity contribution is -0.143. The molecule has 0 aliphatic rings. The highest BCUT2D eigenvalue weighted by atomic mass is 16.5. The third-order valence-corrected chi connectivity index (χ3v) is 2.12. The predicted molar refractivity (Wildman–Crippen MR) is 55.0 cm³/mol. The lowest BCUT2D eigenvalue weighted by Crippen LogP contribution is -2.41. The SMILES string of the molecule is CCCC(O)CNC(CC)C(=O)OC. The minimum Gasteiger partial charge on any atom is -0.468 e. The van der Waals surface area contributed by atoms with Gasteiger partial charge >= 0.3 is 5.97 Å². The molecule has 2 unspecified atom stereocenters. The summed E-state index contributed by atoms with van der Waals surface area (Å²) in [6.07, 6.45) is 1.99. The molecule has 0 saturated carbocycles. The van der Waals surface area contributed by atoms with E-state index < -0.39 is 0 Å². The number of carbonyl (C=O) groups is 1. The molecule has 4 heteroatoms. The van der Waals surface area contributed by atoms with E-state index in [1.54, 1.807) is 0 Å². The fourth-order valence-corrected chi connectivity index (χ4v) is 1.25. The van der Waals surface area contributed by atoms with E-state index in [0.717, 1.165) is 12.8 Å². The molecule has 0 aromatic rings. The monoisotopic (exact) mass is 203 g/mol. The third-order valence-electron chi connectivity index (χ3n) is 2.12. The summed E-state index contributed by atoms with van der Waals surface area (Å²) in [7, 11) is 1.37. The Kier molecular flexibility index (Phi) is 7.42. The molecule has 0 radical (unpaired) electrons. The van der Waals surface area contributed by atoms with Gasteiger partial charge in [0.25, 0.3) is 0 Å². The first-order valence-corrected chi connectivity index (χ1v) is 5.14. The molecule has 0 aliphatic carbocycles. The Labute approximate surface area is 85.6 Å². The highest BCUT2D eigenvalue weighted by Gasteiger charge is 2.16. The second kappa shape index (κ2) is 7.76. The second-order valence-electron chi connectivity index (χ2n) is 3.33. The van der Waals surface area contributed by atoms with Crippen molar-refractivity contribution in [3.05, 3.63) is 0 Å². The van der Waals surface area contributed by atoms with Crippen LogP contribution in [0.3, 0.4) is 0 Å². The Morgan fingerprint density at radius 3 is 2.57 bits per heavy atom. The normalized spacial score (nSPS) is 14.9. The van der Waals surface area contributed by atoms with Crippen LogP contribution in [0.2, 0.25) is 0 Å². The van der Waals surface area contributed by atoms with Crippen molar-refractivity contribution in [2.24, 2.45) is 0 Å². The van der Waals surface area contributed by atoms with Gasteiger partial charge in [-0.15, -0.1) is 0 Å². The molecule has 84 valence electrons. The van der Waals surface area contributed by atoms with E-state index in [-0.39, 0.29) is 18.1 Å². The molecule has 0 rings (SSSR count). The van der Waals surface area contributed by atoms with Crippen LogP contribution in [0.5, 0.6) is 0 Å². The molecule has 0 aromatic carbocycles. The van der Waals surface area contributed by atoms with E-state index in [2.05, 4.69) is 10.1 Å². The highest BCUT2D eigenvalue weighted by molar-refractivity contribution is 5.75. The fraction of sp³-hybridized carbons (Fsp3) is 0.900. The van der Waals surface area contributed by atoms with Gasteiger partial charge in [-0.3, -0.25) is 4.79 Å². The molecule has 0 bridgehead atoms. The molecular weight excluding hydrogens is 182 g/mol. The molecule has 0 saturated heterocycles. The van der Waals surface area contributed by atoms with Crippen molar-refractivity contribution in [2.75, 3.05) is 13.7 Å². The molecule has 0 fully saturated rings. The summed E-state index contributed by atoms with van der Waals surface area (Å²) in [6.45, 7) is 4.36. The van der Waals surface area contributed by atoms with Crippen LogP contribution >= 0.6 is 0 Å². The van der Waals surface area contributed by atoms with E-state index in [1.807, 2.05) is 13.8 Å². The maximum Gasteiger partial charge on any atom is 0.322 e. The van der Waals surface area contributed by atoms with Crippen LogP contribution in [0.1, 0.15) is 33.1 Å². The van der Waals surface area contributed by atoms with Crippen molar-refractivity contribution >= 4 is 5.97 Å². The number of esters is 1. The summed E-state index contributed by atoms with van der Waals surface area (Å²) in [4.78, 5) is 11.1. The zero-order chi connectivity index (χ0) is 11.0. The van der Waals surface area contributed by atoms with Gasteiger partial charge in [-0.1, -0.05) is 20.3 Å². The molecule has 0 amide bonds. The Balaban J connectivity index is 3.77. The first-order valence-electron chi connectivity index (χ1n) is 5.14. The molecular formula is C10H21NO3. The van der Waals surface area contributed by atoms with Gasteiger partial charge in [-0.2, -0.15) is 0 Å². The first-order chi connectivity index (χ1) is 6.65. The van der Waals surface area contributed by atoms with Gasteiger partial charge in [0.2, 0.25) is 0 Å². The Morgan fingerprint density at radius 2 is 2.14 bits per heavy atom. The molecule has 2 atom stereocenters. The van der Waals surface area contributed by atoms with E-state index in [1.165, 1.54) is 7.11 Å². The van der Waals surface area contributed by atoms with Crippen LogP contribution in [0, 0.1) is 0 Å². The third kappa shape index (κ3) is 5.19. The lowest BCUT2D eigenvalue weighted by Gasteiger charge is -2.16. The fourth-order valence-electron chi connectivity index (χ4n) is 1.25. The van der Waals surface area contributed by atoms with Gasteiger partial charge in [-0.25, -0.2) is 0 Å². The topological polar surface area (TPSA) is 58.6 Å². The maximum absolute atomic E-state index is 11.1. The Bertz CT molecular complexity index is 161. The number of rotatable bonds is 7. The molecule has 0 aromatic heterocycles. The van der Waals surface area contributed by atoms with Crippen molar-refractivity contribution in [2.45, 2.75) is 45.3 Å². The molecule has 14 heavy (non-hydrogen) atoms. The summed E-state index contributed by atoms with van der Waals surface area (Å²) in [5.41, 5.74) is 0. The van der Waals surface area contributed by atoms with E-state index in [4.69, 9.17) is 0 Å². The number of nitrogens with one attached hydrogen (secondary N) is 1. The number of methoxy groups -OCH3 is 1. The van der Waals surface area contributed by atoms with E-state index in [0.29, 0.717) is 13.0 Å². The first kappa shape index (κ1) is 13.4. The number of carbonyl (C=O) groups excluding carboxylic acids is 1. The van der Waals surface area contributed by atoms with Gasteiger partial charge in [0.1, 0.15) is 6.04 Å². The summed E-state index contributed by atoms with van der Waals surface area (Å²) >= 11 is 0.